The molecule has 23 heavy (non-hydrogen) atoms. The molecular weight excluding hydrogens is 310 g/mol. The summed E-state index contributed by atoms with van der Waals surface area (Å²) in [6.07, 6.45) is 2.05. The first-order chi connectivity index (χ1) is 11.0. The first-order valence-electron chi connectivity index (χ1n) is 7.87. The lowest BCUT2D eigenvalue weighted by molar-refractivity contribution is -0.118. The molecule has 0 fully saturated rings. The first-order valence-corrected chi connectivity index (χ1v) is 8.69. The summed E-state index contributed by atoms with van der Waals surface area (Å²) in [7, 11) is 0. The average Bonchev–Trinajstić information content (AvgIpc) is 2.96. The van der Waals surface area contributed by atoms with E-state index in [1.54, 1.807) is 0 Å². The molecule has 0 bridgehead atoms. The highest BCUT2D eigenvalue weighted by atomic mass is 32.1. The SMILES string of the molecule is CCC(CC)c1nnc(NC(=O)COc2c(C)cccc2C)s1. The fourth-order valence-corrected chi connectivity index (χ4v) is 3.43. The molecule has 6 heteroatoms. The Bertz CT molecular complexity index is 645. The predicted octanol–water partition coefficient (Wildman–Crippen LogP) is 4.08. The van der Waals surface area contributed by atoms with Crippen LogP contribution in [0, 0.1) is 13.8 Å². The van der Waals surface area contributed by atoms with E-state index in [9.17, 15) is 4.79 Å². The Morgan fingerprint density at radius 3 is 2.48 bits per heavy atom. The number of rotatable bonds is 7. The van der Waals surface area contributed by atoms with Crippen LogP contribution in [0.5, 0.6) is 5.75 Å². The van der Waals surface area contributed by atoms with Crippen LogP contribution < -0.4 is 10.1 Å². The number of aromatic nitrogens is 2. The zero-order chi connectivity index (χ0) is 16.8. The van der Waals surface area contributed by atoms with Crippen molar-refractivity contribution in [2.24, 2.45) is 0 Å². The van der Waals surface area contributed by atoms with E-state index < -0.39 is 0 Å². The average molecular weight is 333 g/mol. The van der Waals surface area contributed by atoms with Gasteiger partial charge in [0, 0.05) is 5.92 Å². The highest BCUT2D eigenvalue weighted by Crippen LogP contribution is 2.28. The molecular formula is C17H23N3O2S. The number of benzene rings is 1. The Hall–Kier alpha value is -1.95. The van der Waals surface area contributed by atoms with Gasteiger partial charge >= 0.3 is 0 Å². The van der Waals surface area contributed by atoms with Gasteiger partial charge in [0.25, 0.3) is 5.91 Å². The van der Waals surface area contributed by atoms with Gasteiger partial charge in [0.2, 0.25) is 5.13 Å². The molecule has 124 valence electrons. The van der Waals surface area contributed by atoms with Crippen molar-refractivity contribution in [3.63, 3.8) is 0 Å². The Balaban J connectivity index is 1.93. The normalized spacial score (nSPS) is 10.8. The minimum absolute atomic E-state index is 0.0361. The summed E-state index contributed by atoms with van der Waals surface area (Å²) in [6, 6.07) is 5.90. The van der Waals surface area contributed by atoms with Gasteiger partial charge in [0.05, 0.1) is 0 Å². The van der Waals surface area contributed by atoms with Gasteiger partial charge in [-0.15, -0.1) is 10.2 Å². The maximum atomic E-state index is 12.0. The molecule has 0 saturated heterocycles. The van der Waals surface area contributed by atoms with E-state index in [2.05, 4.69) is 29.4 Å². The molecule has 0 saturated carbocycles. The summed E-state index contributed by atoms with van der Waals surface area (Å²) >= 11 is 1.44. The highest BCUT2D eigenvalue weighted by molar-refractivity contribution is 7.15. The lowest BCUT2D eigenvalue weighted by Gasteiger charge is -2.11. The number of hydrogen-bond acceptors (Lipinski definition) is 5. The molecule has 0 spiro atoms. The lowest BCUT2D eigenvalue weighted by Crippen LogP contribution is -2.20. The topological polar surface area (TPSA) is 64.1 Å². The molecule has 1 aromatic carbocycles. The molecule has 0 aliphatic heterocycles. The molecule has 0 aliphatic carbocycles. The summed E-state index contributed by atoms with van der Waals surface area (Å²) in [5.41, 5.74) is 2.04. The smallest absolute Gasteiger partial charge is 0.264 e. The number of nitrogens with one attached hydrogen (secondary N) is 1. The third kappa shape index (κ3) is 4.51. The third-order valence-electron chi connectivity index (χ3n) is 3.78. The molecule has 0 atom stereocenters. The van der Waals surface area contributed by atoms with Crippen LogP contribution >= 0.6 is 11.3 Å². The predicted molar refractivity (Wildman–Crippen MR) is 93.3 cm³/mol. The van der Waals surface area contributed by atoms with Gasteiger partial charge in [-0.25, -0.2) is 0 Å². The van der Waals surface area contributed by atoms with Gasteiger partial charge < -0.3 is 4.74 Å². The van der Waals surface area contributed by atoms with Gasteiger partial charge in [-0.2, -0.15) is 0 Å². The van der Waals surface area contributed by atoms with Gasteiger partial charge in [-0.1, -0.05) is 43.4 Å². The molecule has 2 rings (SSSR count). The summed E-state index contributed by atoms with van der Waals surface area (Å²) in [6.45, 7) is 8.16. The Labute approximate surface area is 141 Å². The number of hydrogen-bond donors (Lipinski definition) is 1. The van der Waals surface area contributed by atoms with E-state index in [0.29, 0.717) is 11.0 Å². The molecule has 0 aliphatic rings. The number of nitrogens with zero attached hydrogens (tertiary/aromatic N) is 2. The zero-order valence-electron chi connectivity index (χ0n) is 14.0. The summed E-state index contributed by atoms with van der Waals surface area (Å²) in [4.78, 5) is 12.0. The number of aryl methyl sites for hydroxylation is 2. The van der Waals surface area contributed by atoms with E-state index in [-0.39, 0.29) is 12.5 Å². The van der Waals surface area contributed by atoms with Crippen LogP contribution in [0.25, 0.3) is 0 Å². The van der Waals surface area contributed by atoms with Crippen LogP contribution in [0.1, 0.15) is 48.7 Å². The van der Waals surface area contributed by atoms with Crippen molar-refractivity contribution in [1.29, 1.82) is 0 Å². The number of para-hydroxylation sites is 1. The second-order valence-electron chi connectivity index (χ2n) is 5.52. The van der Waals surface area contributed by atoms with Crippen LogP contribution in [0.4, 0.5) is 5.13 Å². The molecule has 0 radical (unpaired) electrons. The third-order valence-corrected chi connectivity index (χ3v) is 4.78. The number of amides is 1. The molecule has 2 aromatic rings. The Kier molecular flexibility index (Phi) is 6.10. The molecule has 1 aromatic heterocycles. The van der Waals surface area contributed by atoms with Crippen molar-refractivity contribution >= 4 is 22.4 Å². The first kappa shape index (κ1) is 17.4. The van der Waals surface area contributed by atoms with Crippen molar-refractivity contribution < 1.29 is 9.53 Å². The second kappa shape index (κ2) is 8.06. The summed E-state index contributed by atoms with van der Waals surface area (Å²) < 4.78 is 5.64. The minimum Gasteiger partial charge on any atom is -0.483 e. The quantitative estimate of drug-likeness (QED) is 0.829. The fraction of sp³-hybridized carbons (Fsp3) is 0.471. The van der Waals surface area contributed by atoms with Crippen molar-refractivity contribution in [1.82, 2.24) is 10.2 Å². The van der Waals surface area contributed by atoms with Crippen molar-refractivity contribution in [3.8, 4) is 5.75 Å². The van der Waals surface area contributed by atoms with Gasteiger partial charge in [0.1, 0.15) is 10.8 Å². The molecule has 0 unspecified atom stereocenters. The Morgan fingerprint density at radius 1 is 1.22 bits per heavy atom. The van der Waals surface area contributed by atoms with Gasteiger partial charge in [-0.3, -0.25) is 10.1 Å². The van der Waals surface area contributed by atoms with E-state index in [1.807, 2.05) is 32.0 Å². The van der Waals surface area contributed by atoms with Crippen LogP contribution in [-0.4, -0.2) is 22.7 Å². The standard InChI is InChI=1S/C17H23N3O2S/c1-5-13(6-2)16-19-20-17(23-16)18-14(21)10-22-15-11(3)8-7-9-12(15)4/h7-9,13H,5-6,10H2,1-4H3,(H,18,20,21). The number of carbonyl (C=O) groups excluding carboxylic acids is 1. The monoisotopic (exact) mass is 333 g/mol. The number of anilines is 1. The fourth-order valence-electron chi connectivity index (χ4n) is 2.41. The molecule has 1 amide bonds. The highest BCUT2D eigenvalue weighted by Gasteiger charge is 2.15. The molecule has 1 heterocycles. The van der Waals surface area contributed by atoms with Crippen molar-refractivity contribution in [2.45, 2.75) is 46.5 Å². The van der Waals surface area contributed by atoms with Gasteiger partial charge in [0.15, 0.2) is 6.61 Å². The zero-order valence-corrected chi connectivity index (χ0v) is 14.9. The van der Waals surface area contributed by atoms with E-state index >= 15 is 0 Å². The maximum absolute atomic E-state index is 12.0. The molecule has 1 N–H and O–H groups in total. The van der Waals surface area contributed by atoms with Crippen LogP contribution in [0.2, 0.25) is 0 Å². The number of ether oxygens (including phenoxy) is 1. The van der Waals surface area contributed by atoms with E-state index in [1.165, 1.54) is 11.3 Å². The largest absolute Gasteiger partial charge is 0.483 e. The summed E-state index contributed by atoms with van der Waals surface area (Å²) in [5, 5.41) is 12.5. The van der Waals surface area contributed by atoms with E-state index in [0.717, 1.165) is 34.7 Å². The van der Waals surface area contributed by atoms with E-state index in [4.69, 9.17) is 4.74 Å². The number of carbonyl (C=O) groups is 1. The van der Waals surface area contributed by atoms with Crippen molar-refractivity contribution in [2.75, 3.05) is 11.9 Å². The summed E-state index contributed by atoms with van der Waals surface area (Å²) in [5.74, 6) is 0.946. The van der Waals surface area contributed by atoms with Crippen LogP contribution in [0.3, 0.4) is 0 Å². The minimum atomic E-state index is -0.222. The van der Waals surface area contributed by atoms with Crippen molar-refractivity contribution in [3.05, 3.63) is 34.3 Å². The lowest BCUT2D eigenvalue weighted by atomic mass is 10.1. The molecule has 5 nitrogen and oxygen atoms in total. The van der Waals surface area contributed by atoms with Crippen LogP contribution in [0.15, 0.2) is 18.2 Å². The second-order valence-corrected chi connectivity index (χ2v) is 6.53. The van der Waals surface area contributed by atoms with Gasteiger partial charge in [-0.05, 0) is 37.8 Å². The Morgan fingerprint density at radius 2 is 1.87 bits per heavy atom. The van der Waals surface area contributed by atoms with Crippen LogP contribution in [-0.2, 0) is 4.79 Å². The maximum Gasteiger partial charge on any atom is 0.264 e.